The molecule has 0 aliphatic carbocycles. The Morgan fingerprint density at radius 3 is 2.42 bits per heavy atom. The van der Waals surface area contributed by atoms with E-state index in [9.17, 15) is 14.4 Å². The molecule has 0 unspecified atom stereocenters. The van der Waals surface area contributed by atoms with Crippen molar-refractivity contribution < 1.29 is 19.1 Å². The predicted molar refractivity (Wildman–Crippen MR) is 103 cm³/mol. The van der Waals surface area contributed by atoms with Gasteiger partial charge in [-0.25, -0.2) is 4.79 Å². The van der Waals surface area contributed by atoms with Crippen LogP contribution in [0, 0.1) is 0 Å². The predicted octanol–water partition coefficient (Wildman–Crippen LogP) is 4.21. The van der Waals surface area contributed by atoms with Crippen LogP contribution in [-0.4, -0.2) is 29.5 Å². The molecule has 26 heavy (non-hydrogen) atoms. The highest BCUT2D eigenvalue weighted by molar-refractivity contribution is 8.00. The van der Waals surface area contributed by atoms with E-state index in [1.54, 1.807) is 48.5 Å². The Hall–Kier alpha value is -2.31. The van der Waals surface area contributed by atoms with Crippen LogP contribution in [0.2, 0.25) is 5.02 Å². The fourth-order valence-electron chi connectivity index (χ4n) is 2.00. The number of esters is 1. The van der Waals surface area contributed by atoms with Gasteiger partial charge in [-0.1, -0.05) is 23.7 Å². The number of hydrogen-bond donors (Lipinski definition) is 1. The van der Waals surface area contributed by atoms with E-state index in [1.807, 2.05) is 0 Å². The number of carbonyl (C=O) groups excluding carboxylic acids is 3. The number of halogens is 1. The van der Waals surface area contributed by atoms with Crippen molar-refractivity contribution in [2.45, 2.75) is 24.8 Å². The number of carbonyl (C=O) groups is 3. The lowest BCUT2D eigenvalue weighted by molar-refractivity contribution is -0.123. The summed E-state index contributed by atoms with van der Waals surface area (Å²) in [6, 6.07) is 13.4. The maximum absolute atomic E-state index is 12.4. The van der Waals surface area contributed by atoms with Crippen molar-refractivity contribution in [2.75, 3.05) is 11.1 Å². The number of ether oxygens (including phenoxy) is 1. The summed E-state index contributed by atoms with van der Waals surface area (Å²) in [4.78, 5) is 36.4. The van der Waals surface area contributed by atoms with Gasteiger partial charge in [-0.15, -0.1) is 11.8 Å². The number of rotatable bonds is 7. The van der Waals surface area contributed by atoms with Crippen molar-refractivity contribution in [3.8, 4) is 0 Å². The summed E-state index contributed by atoms with van der Waals surface area (Å²) in [6.45, 7) is 2.98. The quantitative estimate of drug-likeness (QED) is 0.565. The molecular formula is C19H18ClNO4S. The molecule has 0 aliphatic heterocycles. The van der Waals surface area contributed by atoms with Crippen LogP contribution in [0.1, 0.15) is 24.2 Å². The van der Waals surface area contributed by atoms with Crippen LogP contribution in [0.3, 0.4) is 0 Å². The number of nitrogens with one attached hydrogen (secondary N) is 1. The lowest BCUT2D eigenvalue weighted by Gasteiger charge is -2.15. The topological polar surface area (TPSA) is 72.5 Å². The van der Waals surface area contributed by atoms with Crippen LogP contribution >= 0.6 is 23.4 Å². The maximum Gasteiger partial charge on any atom is 0.340 e. The fraction of sp³-hybridized carbons (Fsp3) is 0.211. The van der Waals surface area contributed by atoms with Gasteiger partial charge in [0.1, 0.15) is 5.78 Å². The first-order chi connectivity index (χ1) is 12.4. The molecule has 0 saturated carbocycles. The van der Waals surface area contributed by atoms with E-state index < -0.39 is 18.0 Å². The zero-order chi connectivity index (χ0) is 19.1. The molecule has 0 aliphatic rings. The maximum atomic E-state index is 12.4. The number of Topliss-reactive ketones (excluding diaryl/α,β-unsaturated/α-hetero) is 1. The van der Waals surface area contributed by atoms with E-state index in [-0.39, 0.29) is 11.5 Å². The molecule has 0 saturated heterocycles. The highest BCUT2D eigenvalue weighted by Crippen LogP contribution is 2.24. The first kappa shape index (κ1) is 20.0. The smallest absolute Gasteiger partial charge is 0.340 e. The lowest BCUT2D eigenvalue weighted by atomic mass is 10.2. The van der Waals surface area contributed by atoms with Crippen molar-refractivity contribution >= 4 is 46.7 Å². The minimum absolute atomic E-state index is 0.00822. The second-order valence-electron chi connectivity index (χ2n) is 5.53. The average Bonchev–Trinajstić information content (AvgIpc) is 2.62. The molecule has 136 valence electrons. The van der Waals surface area contributed by atoms with Gasteiger partial charge in [-0.3, -0.25) is 9.59 Å². The van der Waals surface area contributed by atoms with Crippen LogP contribution in [-0.2, 0) is 14.3 Å². The van der Waals surface area contributed by atoms with Crippen LogP contribution in [0.15, 0.2) is 53.4 Å². The first-order valence-electron chi connectivity index (χ1n) is 7.85. The molecule has 0 spiro atoms. The largest absolute Gasteiger partial charge is 0.449 e. The summed E-state index contributed by atoms with van der Waals surface area (Å²) in [7, 11) is 0. The second kappa shape index (κ2) is 9.40. The third-order valence-electron chi connectivity index (χ3n) is 3.30. The molecule has 2 aromatic carbocycles. The highest BCUT2D eigenvalue weighted by atomic mass is 35.5. The Morgan fingerprint density at radius 2 is 1.77 bits per heavy atom. The van der Waals surface area contributed by atoms with Gasteiger partial charge in [0.2, 0.25) is 0 Å². The molecule has 0 aromatic heterocycles. The second-order valence-corrected chi connectivity index (χ2v) is 6.98. The third-order valence-corrected chi connectivity index (χ3v) is 4.77. The normalized spacial score (nSPS) is 11.5. The molecular weight excluding hydrogens is 374 g/mol. The van der Waals surface area contributed by atoms with Crippen LogP contribution in [0.5, 0.6) is 0 Å². The van der Waals surface area contributed by atoms with Crippen molar-refractivity contribution in [1.29, 1.82) is 0 Å². The van der Waals surface area contributed by atoms with Gasteiger partial charge in [-0.2, -0.15) is 0 Å². The van der Waals surface area contributed by atoms with E-state index in [0.29, 0.717) is 21.2 Å². The molecule has 1 atom stereocenters. The van der Waals surface area contributed by atoms with Gasteiger partial charge < -0.3 is 10.1 Å². The molecule has 1 amide bonds. The van der Waals surface area contributed by atoms with E-state index >= 15 is 0 Å². The number of benzene rings is 2. The number of thioether (sulfide) groups is 1. The van der Waals surface area contributed by atoms with Gasteiger partial charge in [0, 0.05) is 15.6 Å². The molecule has 0 radical (unpaired) electrons. The SMILES string of the molecule is CC(=O)CSc1ccccc1C(=O)O[C@@H](C)C(=O)Nc1ccc(Cl)cc1. The van der Waals surface area contributed by atoms with Gasteiger partial charge in [-0.05, 0) is 50.2 Å². The Bertz CT molecular complexity index is 807. The molecule has 0 heterocycles. The summed E-state index contributed by atoms with van der Waals surface area (Å²) in [5, 5.41) is 3.21. The molecule has 1 N–H and O–H groups in total. The molecule has 5 nitrogen and oxygen atoms in total. The minimum atomic E-state index is -0.982. The molecule has 2 rings (SSSR count). The lowest BCUT2D eigenvalue weighted by Crippen LogP contribution is -2.30. The number of hydrogen-bond acceptors (Lipinski definition) is 5. The average molecular weight is 392 g/mol. The van der Waals surface area contributed by atoms with Gasteiger partial charge >= 0.3 is 5.97 Å². The molecule has 7 heteroatoms. The number of anilines is 1. The Morgan fingerprint density at radius 1 is 1.12 bits per heavy atom. The number of amides is 1. The Labute approximate surface area is 161 Å². The van der Waals surface area contributed by atoms with Gasteiger partial charge in [0.25, 0.3) is 5.91 Å². The third kappa shape index (κ3) is 5.89. The summed E-state index contributed by atoms with van der Waals surface area (Å²) >= 11 is 7.06. The van der Waals surface area contributed by atoms with Crippen LogP contribution < -0.4 is 5.32 Å². The van der Waals surface area contributed by atoms with E-state index in [4.69, 9.17) is 16.3 Å². The minimum Gasteiger partial charge on any atom is -0.449 e. The zero-order valence-corrected chi connectivity index (χ0v) is 15.9. The Kier molecular flexibility index (Phi) is 7.24. The summed E-state index contributed by atoms with van der Waals surface area (Å²) in [6.07, 6.45) is -0.982. The molecule has 0 bridgehead atoms. The number of ketones is 1. The van der Waals surface area contributed by atoms with Gasteiger partial charge in [0.05, 0.1) is 11.3 Å². The zero-order valence-electron chi connectivity index (χ0n) is 14.3. The van der Waals surface area contributed by atoms with Gasteiger partial charge in [0.15, 0.2) is 6.10 Å². The van der Waals surface area contributed by atoms with Crippen molar-refractivity contribution in [3.05, 3.63) is 59.1 Å². The van der Waals surface area contributed by atoms with Crippen LogP contribution in [0.4, 0.5) is 5.69 Å². The summed E-state index contributed by atoms with van der Waals surface area (Å²) < 4.78 is 5.27. The van der Waals surface area contributed by atoms with Crippen molar-refractivity contribution in [3.63, 3.8) is 0 Å². The summed E-state index contributed by atoms with van der Waals surface area (Å²) in [5.74, 6) is -0.796. The summed E-state index contributed by atoms with van der Waals surface area (Å²) in [5.41, 5.74) is 0.879. The van der Waals surface area contributed by atoms with Crippen molar-refractivity contribution in [1.82, 2.24) is 0 Å². The van der Waals surface area contributed by atoms with E-state index in [1.165, 1.54) is 25.6 Å². The first-order valence-corrected chi connectivity index (χ1v) is 9.22. The standard InChI is InChI=1S/C19H18ClNO4S/c1-12(22)11-26-17-6-4-3-5-16(17)19(24)25-13(2)18(23)21-15-9-7-14(20)8-10-15/h3-10,13H,11H2,1-2H3,(H,21,23)/t13-/m0/s1. The monoisotopic (exact) mass is 391 g/mol. The van der Waals surface area contributed by atoms with E-state index in [2.05, 4.69) is 5.32 Å². The molecule has 0 fully saturated rings. The highest BCUT2D eigenvalue weighted by Gasteiger charge is 2.21. The van der Waals surface area contributed by atoms with Crippen LogP contribution in [0.25, 0.3) is 0 Å². The molecule has 2 aromatic rings. The van der Waals surface area contributed by atoms with Crippen molar-refractivity contribution in [2.24, 2.45) is 0 Å². The Balaban J connectivity index is 2.01. The fourth-order valence-corrected chi connectivity index (χ4v) is 2.96. The van der Waals surface area contributed by atoms with E-state index in [0.717, 1.165) is 0 Å².